The van der Waals surface area contributed by atoms with E-state index in [2.05, 4.69) is 44.0 Å². The fourth-order valence-corrected chi connectivity index (χ4v) is 2.03. The molecule has 0 N–H and O–H groups in total. The summed E-state index contributed by atoms with van der Waals surface area (Å²) in [6.45, 7) is 8.46. The molecule has 1 rings (SSSR count). The molecule has 1 nitrogen and oxygen atoms in total. The second kappa shape index (κ2) is 6.26. The lowest BCUT2D eigenvalue weighted by Gasteiger charge is -2.12. The predicted molar refractivity (Wildman–Crippen MR) is 72.8 cm³/mol. The minimum absolute atomic E-state index is 1.04. The SMILES string of the molecule is CC=N/C=C(\C)C1=C(C)C=CCC=C1CC. The molecule has 0 saturated heterocycles. The normalized spacial score (nSPS) is 18.0. The summed E-state index contributed by atoms with van der Waals surface area (Å²) in [5.41, 5.74) is 5.38. The molecule has 0 radical (unpaired) electrons. The maximum Gasteiger partial charge on any atom is 0.0299 e. The molecule has 0 spiro atoms. The van der Waals surface area contributed by atoms with Crippen LogP contribution in [0.1, 0.15) is 40.5 Å². The number of nitrogens with zero attached hydrogens (tertiary/aromatic N) is 1. The highest BCUT2D eigenvalue weighted by molar-refractivity contribution is 5.56. The molecule has 0 unspecified atom stereocenters. The van der Waals surface area contributed by atoms with Crippen molar-refractivity contribution < 1.29 is 0 Å². The van der Waals surface area contributed by atoms with E-state index in [9.17, 15) is 0 Å². The van der Waals surface area contributed by atoms with Crippen molar-refractivity contribution in [3.8, 4) is 0 Å². The van der Waals surface area contributed by atoms with Crippen LogP contribution in [-0.2, 0) is 0 Å². The molecule has 1 aliphatic carbocycles. The van der Waals surface area contributed by atoms with Crippen molar-refractivity contribution in [2.45, 2.75) is 40.5 Å². The first-order valence-corrected chi connectivity index (χ1v) is 5.92. The van der Waals surface area contributed by atoms with Crippen molar-refractivity contribution >= 4 is 6.21 Å². The summed E-state index contributed by atoms with van der Waals surface area (Å²) in [5, 5.41) is 0. The summed E-state index contributed by atoms with van der Waals surface area (Å²) < 4.78 is 0. The molecule has 1 heteroatoms. The third-order valence-electron chi connectivity index (χ3n) is 2.78. The number of hydrogen-bond donors (Lipinski definition) is 0. The molecule has 0 bridgehead atoms. The lowest BCUT2D eigenvalue weighted by Crippen LogP contribution is -1.93. The van der Waals surface area contributed by atoms with Gasteiger partial charge in [-0.05, 0) is 55.9 Å². The molecule has 16 heavy (non-hydrogen) atoms. The van der Waals surface area contributed by atoms with Crippen LogP contribution < -0.4 is 0 Å². The average Bonchev–Trinajstić information content (AvgIpc) is 2.47. The number of aliphatic imine (C=N–C) groups is 1. The first-order valence-electron chi connectivity index (χ1n) is 5.92. The zero-order valence-electron chi connectivity index (χ0n) is 10.7. The third-order valence-corrected chi connectivity index (χ3v) is 2.78. The van der Waals surface area contributed by atoms with Gasteiger partial charge in [0.25, 0.3) is 0 Å². The zero-order chi connectivity index (χ0) is 12.0. The Morgan fingerprint density at radius 2 is 2.25 bits per heavy atom. The highest BCUT2D eigenvalue weighted by atomic mass is 14.7. The largest absolute Gasteiger partial charge is 0.269 e. The van der Waals surface area contributed by atoms with Crippen molar-refractivity contribution in [1.82, 2.24) is 0 Å². The Balaban J connectivity index is 3.18. The van der Waals surface area contributed by atoms with Crippen molar-refractivity contribution in [2.75, 3.05) is 0 Å². The van der Waals surface area contributed by atoms with Gasteiger partial charge in [-0.15, -0.1) is 0 Å². The lowest BCUT2D eigenvalue weighted by molar-refractivity contribution is 1.08. The van der Waals surface area contributed by atoms with Gasteiger partial charge in [-0.1, -0.05) is 25.2 Å². The molecule has 0 aromatic rings. The fourth-order valence-electron chi connectivity index (χ4n) is 2.03. The number of allylic oxidation sites excluding steroid dienone is 7. The van der Waals surface area contributed by atoms with E-state index in [-0.39, 0.29) is 0 Å². The highest BCUT2D eigenvalue weighted by Gasteiger charge is 2.09. The molecule has 0 aliphatic heterocycles. The van der Waals surface area contributed by atoms with Gasteiger partial charge in [-0.2, -0.15) is 0 Å². The van der Waals surface area contributed by atoms with Crippen molar-refractivity contribution in [3.05, 3.63) is 46.7 Å². The van der Waals surface area contributed by atoms with Crippen LogP contribution in [-0.4, -0.2) is 6.21 Å². The van der Waals surface area contributed by atoms with Gasteiger partial charge in [-0.25, -0.2) is 0 Å². The summed E-state index contributed by atoms with van der Waals surface area (Å²) in [4.78, 5) is 4.21. The van der Waals surface area contributed by atoms with Crippen LogP contribution in [0.5, 0.6) is 0 Å². The van der Waals surface area contributed by atoms with Crippen molar-refractivity contribution in [1.29, 1.82) is 0 Å². The summed E-state index contributed by atoms with van der Waals surface area (Å²) >= 11 is 0. The molecule has 0 fully saturated rings. The smallest absolute Gasteiger partial charge is 0.0299 e. The molecule has 0 heterocycles. The van der Waals surface area contributed by atoms with E-state index in [0.29, 0.717) is 0 Å². The van der Waals surface area contributed by atoms with Crippen LogP contribution in [0.25, 0.3) is 0 Å². The number of rotatable bonds is 3. The maximum absolute atomic E-state index is 4.21. The molecule has 0 atom stereocenters. The fraction of sp³-hybridized carbons (Fsp3) is 0.400. The van der Waals surface area contributed by atoms with Gasteiger partial charge in [-0.3, -0.25) is 4.99 Å². The van der Waals surface area contributed by atoms with E-state index in [1.54, 1.807) is 0 Å². The minimum Gasteiger partial charge on any atom is -0.269 e. The van der Waals surface area contributed by atoms with E-state index >= 15 is 0 Å². The molecule has 86 valence electrons. The van der Waals surface area contributed by atoms with Gasteiger partial charge < -0.3 is 0 Å². The topological polar surface area (TPSA) is 12.4 Å². The Hall–Kier alpha value is -1.37. The van der Waals surface area contributed by atoms with Crippen molar-refractivity contribution in [3.63, 3.8) is 0 Å². The van der Waals surface area contributed by atoms with Gasteiger partial charge in [0, 0.05) is 12.4 Å². The summed E-state index contributed by atoms with van der Waals surface area (Å²) in [7, 11) is 0. The molecule has 0 saturated carbocycles. The highest BCUT2D eigenvalue weighted by Crippen LogP contribution is 2.28. The Kier molecular flexibility index (Phi) is 4.97. The predicted octanol–water partition coefficient (Wildman–Crippen LogP) is 4.59. The third kappa shape index (κ3) is 3.06. The van der Waals surface area contributed by atoms with Crippen LogP contribution in [0.2, 0.25) is 0 Å². The molecular weight excluding hydrogens is 194 g/mol. The summed E-state index contributed by atoms with van der Waals surface area (Å²) in [6.07, 6.45) is 12.6. The Morgan fingerprint density at radius 3 is 2.88 bits per heavy atom. The molecule has 0 aromatic carbocycles. The quantitative estimate of drug-likeness (QED) is 0.610. The van der Waals surface area contributed by atoms with Crippen molar-refractivity contribution in [2.24, 2.45) is 4.99 Å². The first-order chi connectivity index (χ1) is 7.70. The van der Waals surface area contributed by atoms with E-state index in [1.807, 2.05) is 19.3 Å². The van der Waals surface area contributed by atoms with E-state index in [0.717, 1.165) is 12.8 Å². The minimum atomic E-state index is 1.04. The Labute approximate surface area is 99.0 Å². The molecule has 0 aromatic heterocycles. The number of hydrogen-bond acceptors (Lipinski definition) is 1. The summed E-state index contributed by atoms with van der Waals surface area (Å²) in [6, 6.07) is 0. The summed E-state index contributed by atoms with van der Waals surface area (Å²) in [5.74, 6) is 0. The van der Waals surface area contributed by atoms with Gasteiger partial charge in [0.05, 0.1) is 0 Å². The van der Waals surface area contributed by atoms with Crippen LogP contribution in [0.15, 0.2) is 51.7 Å². The van der Waals surface area contributed by atoms with Gasteiger partial charge in [0.1, 0.15) is 0 Å². The maximum atomic E-state index is 4.21. The monoisotopic (exact) mass is 215 g/mol. The first kappa shape index (κ1) is 12.7. The standard InChI is InChI=1S/C15H21N/c1-5-14-10-8-7-9-12(3)15(14)13(4)11-16-6-2/h6-7,9-11H,5,8H2,1-4H3/b13-11+,16-6?. The van der Waals surface area contributed by atoms with Gasteiger partial charge in [0.2, 0.25) is 0 Å². The van der Waals surface area contributed by atoms with Crippen LogP contribution in [0, 0.1) is 0 Å². The van der Waals surface area contributed by atoms with Crippen LogP contribution in [0.3, 0.4) is 0 Å². The average molecular weight is 215 g/mol. The van der Waals surface area contributed by atoms with Crippen LogP contribution >= 0.6 is 0 Å². The second-order valence-electron chi connectivity index (χ2n) is 4.00. The molecule has 1 aliphatic rings. The Bertz CT molecular complexity index is 390. The van der Waals surface area contributed by atoms with E-state index < -0.39 is 0 Å². The van der Waals surface area contributed by atoms with E-state index in [1.165, 1.54) is 22.3 Å². The molecular formula is C15H21N. The van der Waals surface area contributed by atoms with E-state index in [4.69, 9.17) is 0 Å². The van der Waals surface area contributed by atoms with Crippen LogP contribution in [0.4, 0.5) is 0 Å². The second-order valence-corrected chi connectivity index (χ2v) is 4.00. The van der Waals surface area contributed by atoms with Gasteiger partial charge >= 0.3 is 0 Å². The Morgan fingerprint density at radius 1 is 1.50 bits per heavy atom. The van der Waals surface area contributed by atoms with Gasteiger partial charge in [0.15, 0.2) is 0 Å². The molecule has 0 amide bonds. The zero-order valence-corrected chi connectivity index (χ0v) is 10.7. The lowest BCUT2D eigenvalue weighted by atomic mass is 9.93.